The highest BCUT2D eigenvalue weighted by molar-refractivity contribution is 6.04. The number of Topliss-reactive ketones (excluding diaryl/α,β-unsaturated/α-hetero) is 1. The first-order valence-electron chi connectivity index (χ1n) is 8.70. The Labute approximate surface area is 150 Å². The van der Waals surface area contributed by atoms with Crippen LogP contribution in [0.25, 0.3) is 0 Å². The van der Waals surface area contributed by atoms with Crippen LogP contribution in [0.2, 0.25) is 0 Å². The van der Waals surface area contributed by atoms with Crippen molar-refractivity contribution in [2.75, 3.05) is 20.2 Å². The van der Waals surface area contributed by atoms with Gasteiger partial charge in [0.2, 0.25) is 5.91 Å². The van der Waals surface area contributed by atoms with E-state index in [0.29, 0.717) is 35.5 Å². The molecule has 140 valence electrons. The molecule has 1 amide bonds. The molecule has 6 nitrogen and oxygen atoms in total. The zero-order valence-electron chi connectivity index (χ0n) is 16.4. The van der Waals surface area contributed by atoms with E-state index in [9.17, 15) is 14.4 Å². The van der Waals surface area contributed by atoms with Crippen molar-refractivity contribution in [1.29, 1.82) is 0 Å². The van der Waals surface area contributed by atoms with E-state index < -0.39 is 5.97 Å². The van der Waals surface area contributed by atoms with Crippen LogP contribution in [0.1, 0.15) is 65.7 Å². The number of hydrogen-bond donors (Lipinski definition) is 0. The predicted molar refractivity (Wildman–Crippen MR) is 96.9 cm³/mol. The summed E-state index contributed by atoms with van der Waals surface area (Å²) in [5.74, 6) is -0.382. The van der Waals surface area contributed by atoms with Crippen molar-refractivity contribution in [3.05, 3.63) is 22.5 Å². The molecule has 1 aromatic heterocycles. The molecule has 0 radical (unpaired) electrons. The van der Waals surface area contributed by atoms with E-state index in [-0.39, 0.29) is 24.2 Å². The summed E-state index contributed by atoms with van der Waals surface area (Å²) in [6.45, 7) is 10.1. The fraction of sp³-hybridized carbons (Fsp3) is 0.632. The Kier molecular flexibility index (Phi) is 7.39. The van der Waals surface area contributed by atoms with E-state index in [4.69, 9.17) is 4.74 Å². The summed E-state index contributed by atoms with van der Waals surface area (Å²) < 4.78 is 6.49. The second-order valence-electron chi connectivity index (χ2n) is 6.82. The van der Waals surface area contributed by atoms with Gasteiger partial charge in [-0.3, -0.25) is 9.59 Å². The molecule has 0 spiro atoms. The zero-order chi connectivity index (χ0) is 19.3. The zero-order valence-corrected chi connectivity index (χ0v) is 16.4. The van der Waals surface area contributed by atoms with Gasteiger partial charge in [-0.15, -0.1) is 0 Å². The van der Waals surface area contributed by atoms with Crippen LogP contribution < -0.4 is 0 Å². The van der Waals surface area contributed by atoms with Crippen molar-refractivity contribution < 1.29 is 19.1 Å². The number of amides is 1. The largest absolute Gasteiger partial charge is 0.464 e. The summed E-state index contributed by atoms with van der Waals surface area (Å²) in [7, 11) is 3.05. The first-order chi connectivity index (χ1) is 11.6. The summed E-state index contributed by atoms with van der Waals surface area (Å²) in [6.07, 6.45) is 1.21. The maximum absolute atomic E-state index is 12.9. The minimum Gasteiger partial charge on any atom is -0.464 e. The molecule has 0 atom stereocenters. The molecular weight excluding hydrogens is 320 g/mol. The van der Waals surface area contributed by atoms with E-state index in [0.717, 1.165) is 6.42 Å². The molecule has 1 rings (SSSR count). The van der Waals surface area contributed by atoms with Gasteiger partial charge in [-0.2, -0.15) is 0 Å². The van der Waals surface area contributed by atoms with E-state index in [1.165, 1.54) is 7.11 Å². The first-order valence-corrected chi connectivity index (χ1v) is 8.70. The Morgan fingerprint density at radius 1 is 1.20 bits per heavy atom. The first kappa shape index (κ1) is 20.9. The standard InChI is InChI=1S/C19H30N2O4/c1-8-9-21(16(23)10-12(2)3)11-15(22)17-13(4)18(19(24)25-7)20(6)14(17)5/h12H,8-11H2,1-7H3. The van der Waals surface area contributed by atoms with Gasteiger partial charge >= 0.3 is 5.97 Å². The van der Waals surface area contributed by atoms with Gasteiger partial charge in [0.05, 0.1) is 13.7 Å². The summed E-state index contributed by atoms with van der Waals surface area (Å²) in [4.78, 5) is 38.9. The molecule has 1 heterocycles. The topological polar surface area (TPSA) is 68.6 Å². The number of hydrogen-bond acceptors (Lipinski definition) is 4. The van der Waals surface area contributed by atoms with Crippen molar-refractivity contribution in [2.24, 2.45) is 13.0 Å². The molecule has 0 aliphatic rings. The Morgan fingerprint density at radius 2 is 1.80 bits per heavy atom. The molecule has 6 heteroatoms. The Morgan fingerprint density at radius 3 is 2.28 bits per heavy atom. The molecule has 0 bridgehead atoms. The van der Waals surface area contributed by atoms with Crippen LogP contribution >= 0.6 is 0 Å². The van der Waals surface area contributed by atoms with E-state index in [1.54, 1.807) is 30.4 Å². The third-order valence-corrected chi connectivity index (χ3v) is 4.35. The molecule has 25 heavy (non-hydrogen) atoms. The van der Waals surface area contributed by atoms with Crippen LogP contribution in [-0.4, -0.2) is 47.3 Å². The van der Waals surface area contributed by atoms with Crippen LogP contribution in [-0.2, 0) is 16.6 Å². The highest BCUT2D eigenvalue weighted by Gasteiger charge is 2.27. The minimum absolute atomic E-state index is 0.00960. The molecule has 0 fully saturated rings. The van der Waals surface area contributed by atoms with Gasteiger partial charge in [0, 0.05) is 31.3 Å². The molecule has 0 saturated heterocycles. The second-order valence-corrected chi connectivity index (χ2v) is 6.82. The fourth-order valence-electron chi connectivity index (χ4n) is 3.07. The van der Waals surface area contributed by atoms with Crippen LogP contribution in [0.5, 0.6) is 0 Å². The molecule has 0 aliphatic heterocycles. The van der Waals surface area contributed by atoms with Gasteiger partial charge in [0.15, 0.2) is 5.78 Å². The SMILES string of the molecule is CCCN(CC(=O)c1c(C)c(C(=O)OC)n(C)c1C)C(=O)CC(C)C. The highest BCUT2D eigenvalue weighted by Crippen LogP contribution is 2.23. The minimum atomic E-state index is -0.469. The van der Waals surface area contributed by atoms with Gasteiger partial charge < -0.3 is 14.2 Å². The fourth-order valence-corrected chi connectivity index (χ4v) is 3.07. The summed E-state index contributed by atoms with van der Waals surface area (Å²) in [5.41, 5.74) is 2.18. The number of carbonyl (C=O) groups excluding carboxylic acids is 3. The van der Waals surface area contributed by atoms with Gasteiger partial charge in [0.25, 0.3) is 0 Å². The van der Waals surface area contributed by atoms with Gasteiger partial charge in [-0.05, 0) is 31.7 Å². The number of esters is 1. The number of nitrogens with zero attached hydrogens (tertiary/aromatic N) is 2. The number of ketones is 1. The van der Waals surface area contributed by atoms with Crippen molar-refractivity contribution in [3.8, 4) is 0 Å². The number of aromatic nitrogens is 1. The van der Waals surface area contributed by atoms with Gasteiger partial charge in [0.1, 0.15) is 5.69 Å². The van der Waals surface area contributed by atoms with Crippen LogP contribution in [0.3, 0.4) is 0 Å². The molecule has 1 aromatic rings. The molecule has 0 N–H and O–H groups in total. The van der Waals surface area contributed by atoms with Crippen LogP contribution in [0.15, 0.2) is 0 Å². The molecule has 0 aliphatic carbocycles. The number of rotatable bonds is 8. The third kappa shape index (κ3) is 4.71. The Bertz CT molecular complexity index is 659. The molecule has 0 saturated carbocycles. The predicted octanol–water partition coefficient (Wildman–Crippen LogP) is 2.90. The average Bonchev–Trinajstić information content (AvgIpc) is 2.75. The molecule has 0 unspecified atom stereocenters. The molecule has 0 aromatic carbocycles. The molecular formula is C19H30N2O4. The second kappa shape index (κ2) is 8.83. The lowest BCUT2D eigenvalue weighted by Crippen LogP contribution is -2.37. The maximum Gasteiger partial charge on any atom is 0.354 e. The van der Waals surface area contributed by atoms with Gasteiger partial charge in [-0.25, -0.2) is 4.79 Å². The smallest absolute Gasteiger partial charge is 0.354 e. The van der Waals surface area contributed by atoms with Crippen LogP contribution in [0.4, 0.5) is 0 Å². The summed E-state index contributed by atoms with van der Waals surface area (Å²) in [5, 5.41) is 0. The van der Waals surface area contributed by atoms with E-state index in [1.807, 2.05) is 20.8 Å². The lowest BCUT2D eigenvalue weighted by Gasteiger charge is -2.22. The lowest BCUT2D eigenvalue weighted by molar-refractivity contribution is -0.131. The Hall–Kier alpha value is -2.11. The van der Waals surface area contributed by atoms with Crippen LogP contribution in [0, 0.1) is 19.8 Å². The van der Waals surface area contributed by atoms with Crippen molar-refractivity contribution in [3.63, 3.8) is 0 Å². The Balaban J connectivity index is 3.14. The van der Waals surface area contributed by atoms with Crippen molar-refractivity contribution in [2.45, 2.75) is 47.5 Å². The number of methoxy groups -OCH3 is 1. The van der Waals surface area contributed by atoms with Crippen molar-refractivity contribution in [1.82, 2.24) is 9.47 Å². The van der Waals surface area contributed by atoms with E-state index in [2.05, 4.69) is 0 Å². The maximum atomic E-state index is 12.9. The van der Waals surface area contributed by atoms with Crippen molar-refractivity contribution >= 4 is 17.7 Å². The quantitative estimate of drug-likeness (QED) is 0.534. The summed E-state index contributed by atoms with van der Waals surface area (Å²) >= 11 is 0. The average molecular weight is 350 g/mol. The summed E-state index contributed by atoms with van der Waals surface area (Å²) in [6, 6.07) is 0. The van der Waals surface area contributed by atoms with E-state index >= 15 is 0 Å². The monoisotopic (exact) mass is 350 g/mol. The highest BCUT2D eigenvalue weighted by atomic mass is 16.5. The normalized spacial score (nSPS) is 10.9. The lowest BCUT2D eigenvalue weighted by atomic mass is 10.0. The van der Waals surface area contributed by atoms with Gasteiger partial charge in [-0.1, -0.05) is 20.8 Å². The number of carbonyl (C=O) groups is 3. The number of ether oxygens (including phenoxy) is 1. The third-order valence-electron chi connectivity index (χ3n) is 4.35.